The van der Waals surface area contributed by atoms with Gasteiger partial charge in [-0.25, -0.2) is 13.1 Å². The van der Waals surface area contributed by atoms with Crippen molar-refractivity contribution in [3.05, 3.63) is 36.0 Å². The van der Waals surface area contributed by atoms with Crippen LogP contribution in [0.1, 0.15) is 5.69 Å². The Morgan fingerprint density at radius 3 is 2.57 bits per heavy atom. The minimum Gasteiger partial charge on any atom is -0.492 e. The van der Waals surface area contributed by atoms with E-state index in [0.717, 1.165) is 0 Å². The molecule has 0 aliphatic rings. The molecular weight excluding hydrogens is 292 g/mol. The lowest BCUT2D eigenvalue weighted by Crippen LogP contribution is -2.29. The number of benzene rings is 1. The number of ether oxygens (including phenoxy) is 1. The minimum absolute atomic E-state index is 0.00789. The van der Waals surface area contributed by atoms with E-state index < -0.39 is 10.0 Å². The number of hydrogen-bond donors (Lipinski definition) is 2. The number of aryl methyl sites for hydroxylation is 1. The van der Waals surface area contributed by atoms with Crippen LogP contribution in [-0.2, 0) is 17.1 Å². The van der Waals surface area contributed by atoms with E-state index in [0.29, 0.717) is 11.4 Å². The average molecular weight is 310 g/mol. The molecule has 0 saturated carbocycles. The zero-order valence-electron chi connectivity index (χ0n) is 11.9. The van der Waals surface area contributed by atoms with Crippen molar-refractivity contribution in [1.29, 1.82) is 0 Å². The lowest BCUT2D eigenvalue weighted by atomic mass is 10.3. The van der Waals surface area contributed by atoms with Gasteiger partial charge < -0.3 is 10.5 Å². The summed E-state index contributed by atoms with van der Waals surface area (Å²) in [5.74, 6) is 0.681. The van der Waals surface area contributed by atoms with Gasteiger partial charge in [0.25, 0.3) is 0 Å². The lowest BCUT2D eigenvalue weighted by molar-refractivity contribution is 0.323. The van der Waals surface area contributed by atoms with Crippen molar-refractivity contribution in [3.8, 4) is 5.75 Å². The monoisotopic (exact) mass is 310 g/mol. The van der Waals surface area contributed by atoms with Crippen LogP contribution in [0.25, 0.3) is 0 Å². The van der Waals surface area contributed by atoms with Crippen LogP contribution in [0.4, 0.5) is 5.82 Å². The largest absolute Gasteiger partial charge is 0.492 e. The van der Waals surface area contributed by atoms with E-state index in [9.17, 15) is 8.42 Å². The van der Waals surface area contributed by atoms with E-state index in [4.69, 9.17) is 10.5 Å². The number of nitrogens with one attached hydrogen (secondary N) is 1. The molecule has 2 rings (SSSR count). The molecule has 21 heavy (non-hydrogen) atoms. The standard InChI is InChI=1S/C13H18N4O3S/c1-10-12(13(14)16-17(10)2)21(18,19)15-8-9-20-11-6-4-3-5-7-11/h3-7,15H,8-9H2,1-2H3,(H2,14,16). The van der Waals surface area contributed by atoms with Crippen LogP contribution in [0.3, 0.4) is 0 Å². The maximum atomic E-state index is 12.2. The number of nitrogen functional groups attached to an aromatic ring is 1. The van der Waals surface area contributed by atoms with E-state index in [1.54, 1.807) is 26.1 Å². The van der Waals surface area contributed by atoms with Gasteiger partial charge in [-0.1, -0.05) is 18.2 Å². The highest BCUT2D eigenvalue weighted by molar-refractivity contribution is 7.89. The van der Waals surface area contributed by atoms with E-state index in [1.165, 1.54) is 4.68 Å². The molecule has 0 unspecified atom stereocenters. The molecule has 1 heterocycles. The average Bonchev–Trinajstić information content (AvgIpc) is 2.70. The number of para-hydroxylation sites is 1. The number of nitrogens with zero attached hydrogens (tertiary/aromatic N) is 2. The fourth-order valence-electron chi connectivity index (χ4n) is 1.88. The molecule has 0 amide bonds. The fraction of sp³-hybridized carbons (Fsp3) is 0.308. The molecule has 0 spiro atoms. The molecule has 0 aliphatic carbocycles. The maximum absolute atomic E-state index is 12.2. The molecule has 0 aliphatic heterocycles. The molecule has 0 bridgehead atoms. The quantitative estimate of drug-likeness (QED) is 0.764. The van der Waals surface area contributed by atoms with Crippen molar-refractivity contribution in [2.75, 3.05) is 18.9 Å². The van der Waals surface area contributed by atoms with Crippen molar-refractivity contribution in [1.82, 2.24) is 14.5 Å². The molecule has 8 heteroatoms. The summed E-state index contributed by atoms with van der Waals surface area (Å²) >= 11 is 0. The van der Waals surface area contributed by atoms with Crippen LogP contribution in [0.5, 0.6) is 5.75 Å². The Morgan fingerprint density at radius 1 is 1.33 bits per heavy atom. The van der Waals surface area contributed by atoms with Crippen LogP contribution in [0.2, 0.25) is 0 Å². The predicted octanol–water partition coefficient (Wildman–Crippen LogP) is 0.668. The van der Waals surface area contributed by atoms with Gasteiger partial charge >= 0.3 is 0 Å². The third-order valence-electron chi connectivity index (χ3n) is 2.98. The Morgan fingerprint density at radius 2 is 2.00 bits per heavy atom. The summed E-state index contributed by atoms with van der Waals surface area (Å²) in [4.78, 5) is 0.0183. The van der Waals surface area contributed by atoms with Crippen molar-refractivity contribution in [3.63, 3.8) is 0 Å². The van der Waals surface area contributed by atoms with Crippen LogP contribution >= 0.6 is 0 Å². The summed E-state index contributed by atoms with van der Waals surface area (Å²) in [6, 6.07) is 9.18. The highest BCUT2D eigenvalue weighted by atomic mass is 32.2. The van der Waals surface area contributed by atoms with Gasteiger partial charge in [-0.2, -0.15) is 5.10 Å². The zero-order valence-corrected chi connectivity index (χ0v) is 12.7. The van der Waals surface area contributed by atoms with Gasteiger partial charge in [-0.05, 0) is 19.1 Å². The van der Waals surface area contributed by atoms with Crippen LogP contribution in [-0.4, -0.2) is 31.3 Å². The topological polar surface area (TPSA) is 99.2 Å². The van der Waals surface area contributed by atoms with E-state index in [-0.39, 0.29) is 23.9 Å². The molecule has 0 atom stereocenters. The molecule has 3 N–H and O–H groups in total. The van der Waals surface area contributed by atoms with E-state index in [1.807, 2.05) is 18.2 Å². The number of nitrogens with two attached hydrogens (primary N) is 1. The number of rotatable bonds is 6. The Bertz CT molecular complexity index is 711. The third kappa shape index (κ3) is 3.53. The number of sulfonamides is 1. The fourth-order valence-corrected chi connectivity index (χ4v) is 3.21. The number of anilines is 1. The first-order valence-corrected chi connectivity index (χ1v) is 7.86. The van der Waals surface area contributed by atoms with Gasteiger partial charge in [0.05, 0.1) is 5.69 Å². The van der Waals surface area contributed by atoms with Gasteiger partial charge in [-0.15, -0.1) is 0 Å². The van der Waals surface area contributed by atoms with E-state index >= 15 is 0 Å². The lowest BCUT2D eigenvalue weighted by Gasteiger charge is -2.08. The molecule has 2 aromatic rings. The van der Waals surface area contributed by atoms with Crippen molar-refractivity contribution >= 4 is 15.8 Å². The highest BCUT2D eigenvalue weighted by Gasteiger charge is 2.24. The minimum atomic E-state index is -3.69. The Labute approximate surface area is 123 Å². The molecule has 1 aromatic heterocycles. The Balaban J connectivity index is 1.96. The van der Waals surface area contributed by atoms with Gasteiger partial charge in [-0.3, -0.25) is 4.68 Å². The van der Waals surface area contributed by atoms with Crippen LogP contribution < -0.4 is 15.2 Å². The zero-order chi connectivity index (χ0) is 15.5. The smallest absolute Gasteiger partial charge is 0.246 e. The second kappa shape index (κ2) is 6.15. The van der Waals surface area contributed by atoms with Gasteiger partial charge in [0, 0.05) is 13.6 Å². The summed E-state index contributed by atoms with van der Waals surface area (Å²) in [5, 5.41) is 3.90. The van der Waals surface area contributed by atoms with E-state index in [2.05, 4.69) is 9.82 Å². The van der Waals surface area contributed by atoms with Gasteiger partial charge in [0.2, 0.25) is 10.0 Å². The first-order chi connectivity index (χ1) is 9.92. The molecule has 114 valence electrons. The Hall–Kier alpha value is -2.06. The summed E-state index contributed by atoms with van der Waals surface area (Å²) in [7, 11) is -2.05. The molecule has 0 fully saturated rings. The molecule has 1 aromatic carbocycles. The van der Waals surface area contributed by atoms with Crippen molar-refractivity contribution in [2.45, 2.75) is 11.8 Å². The molecule has 7 nitrogen and oxygen atoms in total. The Kier molecular flexibility index (Phi) is 4.49. The van der Waals surface area contributed by atoms with Crippen LogP contribution in [0, 0.1) is 6.92 Å². The van der Waals surface area contributed by atoms with Crippen molar-refractivity contribution < 1.29 is 13.2 Å². The summed E-state index contributed by atoms with van der Waals surface area (Å²) in [6.07, 6.45) is 0. The summed E-state index contributed by atoms with van der Waals surface area (Å²) < 4.78 is 33.7. The second-order valence-electron chi connectivity index (χ2n) is 4.48. The molecule has 0 saturated heterocycles. The first-order valence-electron chi connectivity index (χ1n) is 6.38. The van der Waals surface area contributed by atoms with Gasteiger partial charge in [0.1, 0.15) is 17.3 Å². The normalized spacial score (nSPS) is 11.5. The molecular formula is C13H18N4O3S. The second-order valence-corrected chi connectivity index (χ2v) is 6.19. The van der Waals surface area contributed by atoms with Crippen molar-refractivity contribution in [2.24, 2.45) is 7.05 Å². The van der Waals surface area contributed by atoms with Crippen LogP contribution in [0.15, 0.2) is 35.2 Å². The highest BCUT2D eigenvalue weighted by Crippen LogP contribution is 2.20. The number of hydrogen-bond acceptors (Lipinski definition) is 5. The summed E-state index contributed by atoms with van der Waals surface area (Å²) in [6.45, 7) is 2.02. The first kappa shape index (κ1) is 15.3. The summed E-state index contributed by atoms with van der Waals surface area (Å²) in [5.41, 5.74) is 6.13. The number of aromatic nitrogens is 2. The SMILES string of the molecule is Cc1c(S(=O)(=O)NCCOc2ccccc2)c(N)nn1C. The predicted molar refractivity (Wildman–Crippen MR) is 79.5 cm³/mol. The van der Waals surface area contributed by atoms with Gasteiger partial charge in [0.15, 0.2) is 5.82 Å². The third-order valence-corrected chi connectivity index (χ3v) is 4.61. The maximum Gasteiger partial charge on any atom is 0.246 e. The molecule has 0 radical (unpaired) electrons.